The number of anilines is 1. The monoisotopic (exact) mass is 412 g/mol. The van der Waals surface area contributed by atoms with Crippen molar-refractivity contribution in [3.05, 3.63) is 53.0 Å². The molecule has 2 N–H and O–H groups in total. The van der Waals surface area contributed by atoms with E-state index in [0.717, 1.165) is 4.47 Å². The molecule has 0 fully saturated rings. The summed E-state index contributed by atoms with van der Waals surface area (Å²) in [5.41, 5.74) is 0.353. The molecule has 0 aliphatic rings. The Bertz CT molecular complexity index is 807. The zero-order chi connectivity index (χ0) is 17.6. The van der Waals surface area contributed by atoms with Gasteiger partial charge in [-0.05, 0) is 43.3 Å². The summed E-state index contributed by atoms with van der Waals surface area (Å²) in [6.07, 6.45) is 0. The van der Waals surface area contributed by atoms with Gasteiger partial charge in [0, 0.05) is 17.1 Å². The lowest BCUT2D eigenvalue weighted by Gasteiger charge is -2.10. The number of benzene rings is 2. The molecular formula is C16H17BrN2O4S. The lowest BCUT2D eigenvalue weighted by molar-refractivity contribution is -0.122. The molecule has 0 aliphatic heterocycles. The molecule has 0 aliphatic carbocycles. The second kappa shape index (κ2) is 8.16. The molecule has 1 amide bonds. The van der Waals surface area contributed by atoms with Gasteiger partial charge in [-0.25, -0.2) is 8.42 Å². The molecule has 0 saturated carbocycles. The van der Waals surface area contributed by atoms with Gasteiger partial charge in [0.1, 0.15) is 5.75 Å². The molecule has 0 radical (unpaired) electrons. The first-order valence-corrected chi connectivity index (χ1v) is 9.46. The summed E-state index contributed by atoms with van der Waals surface area (Å²) in [5.74, 6) is 0.163. The van der Waals surface area contributed by atoms with Crippen LogP contribution in [0, 0.1) is 0 Å². The molecular weight excluding hydrogens is 396 g/mol. The lowest BCUT2D eigenvalue weighted by Crippen LogP contribution is -2.28. The summed E-state index contributed by atoms with van der Waals surface area (Å²) < 4.78 is 33.3. The van der Waals surface area contributed by atoms with Crippen LogP contribution in [0.15, 0.2) is 57.9 Å². The highest BCUT2D eigenvalue weighted by atomic mass is 79.9. The maximum Gasteiger partial charge on any atom is 0.261 e. The van der Waals surface area contributed by atoms with Gasteiger partial charge in [-0.2, -0.15) is 0 Å². The van der Waals surface area contributed by atoms with E-state index in [2.05, 4.69) is 26.0 Å². The van der Waals surface area contributed by atoms with Gasteiger partial charge in [0.2, 0.25) is 0 Å². The Morgan fingerprint density at radius 1 is 1.17 bits per heavy atom. The number of carbonyl (C=O) groups is 1. The van der Waals surface area contributed by atoms with Crippen LogP contribution in [0.1, 0.15) is 6.92 Å². The average Bonchev–Trinajstić information content (AvgIpc) is 2.53. The summed E-state index contributed by atoms with van der Waals surface area (Å²) in [7, 11) is -3.69. The van der Waals surface area contributed by atoms with Crippen molar-refractivity contribution in [2.75, 3.05) is 17.9 Å². The number of rotatable bonds is 7. The fraction of sp³-hybridized carbons (Fsp3) is 0.188. The van der Waals surface area contributed by atoms with Gasteiger partial charge in [0.15, 0.2) is 6.61 Å². The van der Waals surface area contributed by atoms with Gasteiger partial charge in [-0.15, -0.1) is 0 Å². The van der Waals surface area contributed by atoms with Gasteiger partial charge in [-0.1, -0.05) is 22.0 Å². The zero-order valence-electron chi connectivity index (χ0n) is 13.0. The Kier molecular flexibility index (Phi) is 6.22. The van der Waals surface area contributed by atoms with Crippen LogP contribution in [-0.2, 0) is 14.8 Å². The Morgan fingerprint density at radius 2 is 1.88 bits per heavy atom. The summed E-state index contributed by atoms with van der Waals surface area (Å²) in [6, 6.07) is 12.7. The van der Waals surface area contributed by atoms with Crippen LogP contribution in [0.4, 0.5) is 5.69 Å². The predicted octanol–water partition coefficient (Wildman–Crippen LogP) is 2.76. The summed E-state index contributed by atoms with van der Waals surface area (Å²) in [5, 5.41) is 2.62. The molecule has 128 valence electrons. The van der Waals surface area contributed by atoms with Crippen LogP contribution < -0.4 is 14.8 Å². The molecule has 2 aromatic carbocycles. The van der Waals surface area contributed by atoms with E-state index in [1.165, 1.54) is 18.2 Å². The molecule has 6 nitrogen and oxygen atoms in total. The molecule has 24 heavy (non-hydrogen) atoms. The molecule has 2 rings (SSSR count). The smallest absolute Gasteiger partial charge is 0.261 e. The lowest BCUT2D eigenvalue weighted by atomic mass is 10.3. The fourth-order valence-electron chi connectivity index (χ4n) is 1.87. The number of carbonyl (C=O) groups excluding carboxylic acids is 1. The molecule has 0 heterocycles. The van der Waals surface area contributed by atoms with E-state index in [1.54, 1.807) is 30.3 Å². The number of hydrogen-bond acceptors (Lipinski definition) is 4. The minimum atomic E-state index is -3.69. The Hall–Kier alpha value is -2.06. The van der Waals surface area contributed by atoms with Crippen LogP contribution in [0.5, 0.6) is 5.75 Å². The first kappa shape index (κ1) is 18.3. The highest BCUT2D eigenvalue weighted by Gasteiger charge is 2.14. The molecule has 0 saturated heterocycles. The number of ether oxygens (including phenoxy) is 1. The standard InChI is InChI=1S/C16H17BrN2O4S/c1-2-18-16(20)11-23-14-5-3-4-13(10-14)19-24(21,22)15-8-6-12(17)7-9-15/h3-10,19H,2,11H2,1H3,(H,18,20). The third-order valence-electron chi connectivity index (χ3n) is 2.95. The average molecular weight is 413 g/mol. The maximum atomic E-state index is 12.3. The second-order valence-corrected chi connectivity index (χ2v) is 7.43. The van der Waals surface area contributed by atoms with Crippen molar-refractivity contribution in [2.24, 2.45) is 0 Å². The van der Waals surface area contributed by atoms with Crippen LogP contribution in [0.3, 0.4) is 0 Å². The molecule has 0 spiro atoms. The van der Waals surface area contributed by atoms with Crippen molar-refractivity contribution in [2.45, 2.75) is 11.8 Å². The molecule has 8 heteroatoms. The number of likely N-dealkylation sites (N-methyl/N-ethyl adjacent to an activating group) is 1. The van der Waals surface area contributed by atoms with Gasteiger partial charge in [0.05, 0.1) is 10.6 Å². The summed E-state index contributed by atoms with van der Waals surface area (Å²) in [6.45, 7) is 2.21. The van der Waals surface area contributed by atoms with Crippen molar-refractivity contribution in [3.8, 4) is 5.75 Å². The van der Waals surface area contributed by atoms with Crippen molar-refractivity contribution in [1.82, 2.24) is 5.32 Å². The van der Waals surface area contributed by atoms with Crippen molar-refractivity contribution >= 4 is 37.5 Å². The maximum absolute atomic E-state index is 12.3. The number of amides is 1. The first-order valence-electron chi connectivity index (χ1n) is 7.18. The quantitative estimate of drug-likeness (QED) is 0.731. The molecule has 2 aromatic rings. The minimum absolute atomic E-state index is 0.128. The van der Waals surface area contributed by atoms with Crippen LogP contribution in [0.2, 0.25) is 0 Å². The van der Waals surface area contributed by atoms with E-state index >= 15 is 0 Å². The second-order valence-electron chi connectivity index (χ2n) is 4.83. The fourth-order valence-corrected chi connectivity index (χ4v) is 3.19. The van der Waals surface area contributed by atoms with Gasteiger partial charge < -0.3 is 10.1 Å². The van der Waals surface area contributed by atoms with E-state index in [0.29, 0.717) is 18.0 Å². The number of halogens is 1. The van der Waals surface area contributed by atoms with E-state index < -0.39 is 10.0 Å². The van der Waals surface area contributed by atoms with Crippen LogP contribution >= 0.6 is 15.9 Å². The summed E-state index contributed by atoms with van der Waals surface area (Å²) in [4.78, 5) is 11.5. The van der Waals surface area contributed by atoms with E-state index in [4.69, 9.17) is 4.74 Å². The zero-order valence-corrected chi connectivity index (χ0v) is 15.4. The van der Waals surface area contributed by atoms with Crippen LogP contribution in [0.25, 0.3) is 0 Å². The van der Waals surface area contributed by atoms with E-state index in [-0.39, 0.29) is 17.4 Å². The summed E-state index contributed by atoms with van der Waals surface area (Å²) >= 11 is 3.26. The Labute approximate surface area is 149 Å². The Balaban J connectivity index is 2.08. The SMILES string of the molecule is CCNC(=O)COc1cccc(NS(=O)(=O)c2ccc(Br)cc2)c1. The van der Waals surface area contributed by atoms with Gasteiger partial charge in [-0.3, -0.25) is 9.52 Å². The van der Waals surface area contributed by atoms with Crippen molar-refractivity contribution in [1.29, 1.82) is 0 Å². The minimum Gasteiger partial charge on any atom is -0.484 e. The molecule has 0 bridgehead atoms. The van der Waals surface area contributed by atoms with Gasteiger partial charge in [0.25, 0.3) is 15.9 Å². The number of hydrogen-bond donors (Lipinski definition) is 2. The largest absolute Gasteiger partial charge is 0.484 e. The topological polar surface area (TPSA) is 84.5 Å². The third-order valence-corrected chi connectivity index (χ3v) is 4.88. The van der Waals surface area contributed by atoms with Gasteiger partial charge >= 0.3 is 0 Å². The molecule has 0 atom stereocenters. The van der Waals surface area contributed by atoms with Crippen molar-refractivity contribution < 1.29 is 17.9 Å². The van der Waals surface area contributed by atoms with E-state index in [1.807, 2.05) is 6.92 Å². The predicted molar refractivity (Wildman–Crippen MR) is 95.6 cm³/mol. The number of sulfonamides is 1. The number of nitrogens with one attached hydrogen (secondary N) is 2. The first-order chi connectivity index (χ1) is 11.4. The molecule has 0 unspecified atom stereocenters. The van der Waals surface area contributed by atoms with Crippen molar-refractivity contribution in [3.63, 3.8) is 0 Å². The normalized spacial score (nSPS) is 10.9. The van der Waals surface area contributed by atoms with Crippen LogP contribution in [-0.4, -0.2) is 27.5 Å². The third kappa shape index (κ3) is 5.24. The Morgan fingerprint density at radius 3 is 2.54 bits per heavy atom. The highest BCUT2D eigenvalue weighted by molar-refractivity contribution is 9.10. The highest BCUT2D eigenvalue weighted by Crippen LogP contribution is 2.22. The van der Waals surface area contributed by atoms with E-state index in [9.17, 15) is 13.2 Å². The molecule has 0 aromatic heterocycles.